The average molecular weight is 299 g/mol. The molecular formula is C17H17NO2S. The molecule has 1 aliphatic rings. The first kappa shape index (κ1) is 14.2. The normalized spacial score (nSPS) is 18.8. The number of carboxylic acids is 1. The maximum atomic E-state index is 11.6. The van der Waals surface area contributed by atoms with E-state index in [1.165, 1.54) is 10.5 Å². The van der Waals surface area contributed by atoms with Gasteiger partial charge in [0.2, 0.25) is 0 Å². The molecule has 0 bridgehead atoms. The second-order valence-corrected chi connectivity index (χ2v) is 6.21. The lowest BCUT2D eigenvalue weighted by atomic mass is 10.00. The summed E-state index contributed by atoms with van der Waals surface area (Å²) in [7, 11) is 0. The summed E-state index contributed by atoms with van der Waals surface area (Å²) in [5, 5.41) is 12.9. The molecule has 4 heteroatoms. The minimum atomic E-state index is -0.836. The highest BCUT2D eigenvalue weighted by molar-refractivity contribution is 7.99. The summed E-state index contributed by atoms with van der Waals surface area (Å²) in [5.41, 5.74) is 2.00. The van der Waals surface area contributed by atoms with Crippen molar-refractivity contribution in [2.24, 2.45) is 0 Å². The lowest BCUT2D eigenvalue weighted by Crippen LogP contribution is -2.33. The molecular weight excluding hydrogens is 282 g/mol. The van der Waals surface area contributed by atoms with Gasteiger partial charge in [-0.1, -0.05) is 48.5 Å². The highest BCUT2D eigenvalue weighted by atomic mass is 32.2. The highest BCUT2D eigenvalue weighted by Gasteiger charge is 2.27. The van der Waals surface area contributed by atoms with E-state index >= 15 is 0 Å². The van der Waals surface area contributed by atoms with Crippen LogP contribution in [0.1, 0.15) is 29.6 Å². The second-order valence-electron chi connectivity index (χ2n) is 5.08. The molecule has 2 aromatic rings. The first-order chi connectivity index (χ1) is 10.3. The number of aliphatic carboxylic acids is 1. The minimum Gasteiger partial charge on any atom is -0.480 e. The van der Waals surface area contributed by atoms with Gasteiger partial charge in [-0.15, -0.1) is 11.8 Å². The Labute approximate surface area is 128 Å². The molecule has 2 atom stereocenters. The van der Waals surface area contributed by atoms with Gasteiger partial charge < -0.3 is 5.11 Å². The predicted octanol–water partition coefficient (Wildman–Crippen LogP) is 3.64. The van der Waals surface area contributed by atoms with Gasteiger partial charge >= 0.3 is 5.97 Å². The molecule has 0 saturated heterocycles. The van der Waals surface area contributed by atoms with Crippen LogP contribution in [0, 0.1) is 0 Å². The number of thioether (sulfide) groups is 1. The number of carboxylic acid groups (broad SMARTS) is 1. The van der Waals surface area contributed by atoms with Crippen LogP contribution < -0.4 is 5.32 Å². The number of nitrogens with one attached hydrogen (secondary N) is 1. The van der Waals surface area contributed by atoms with Gasteiger partial charge in [0.15, 0.2) is 0 Å². The summed E-state index contributed by atoms with van der Waals surface area (Å²) in [6.07, 6.45) is 0.943. The molecule has 1 aliphatic heterocycles. The van der Waals surface area contributed by atoms with Crippen LogP contribution in [0.5, 0.6) is 0 Å². The fraction of sp³-hybridized carbons (Fsp3) is 0.235. The molecule has 0 saturated carbocycles. The smallest absolute Gasteiger partial charge is 0.325 e. The van der Waals surface area contributed by atoms with E-state index in [0.717, 1.165) is 17.7 Å². The number of fused-ring (bicyclic) bond motifs is 1. The van der Waals surface area contributed by atoms with Crippen LogP contribution in [-0.2, 0) is 4.79 Å². The van der Waals surface area contributed by atoms with Crippen molar-refractivity contribution in [1.82, 2.24) is 5.32 Å². The van der Waals surface area contributed by atoms with Crippen LogP contribution in [0.4, 0.5) is 0 Å². The molecule has 3 rings (SSSR count). The van der Waals surface area contributed by atoms with Crippen LogP contribution >= 0.6 is 11.8 Å². The van der Waals surface area contributed by atoms with Crippen LogP contribution in [0.15, 0.2) is 59.5 Å². The molecule has 0 amide bonds. The number of benzene rings is 2. The average Bonchev–Trinajstić information content (AvgIpc) is 2.53. The summed E-state index contributed by atoms with van der Waals surface area (Å²) >= 11 is 1.84. The Kier molecular flexibility index (Phi) is 4.27. The Bertz CT molecular complexity index is 630. The van der Waals surface area contributed by atoms with E-state index in [1.54, 1.807) is 0 Å². The monoisotopic (exact) mass is 299 g/mol. The Morgan fingerprint density at radius 1 is 1.14 bits per heavy atom. The van der Waals surface area contributed by atoms with E-state index in [1.807, 2.05) is 54.2 Å². The summed E-state index contributed by atoms with van der Waals surface area (Å²) in [6.45, 7) is 0. The van der Waals surface area contributed by atoms with Crippen LogP contribution in [-0.4, -0.2) is 16.8 Å². The highest BCUT2D eigenvalue weighted by Crippen LogP contribution is 2.37. The molecule has 2 aromatic carbocycles. The van der Waals surface area contributed by atoms with Crippen LogP contribution in [0.2, 0.25) is 0 Å². The number of hydrogen-bond acceptors (Lipinski definition) is 3. The minimum absolute atomic E-state index is 0.0868. The van der Waals surface area contributed by atoms with E-state index < -0.39 is 12.0 Å². The third-order valence-electron chi connectivity index (χ3n) is 3.71. The number of hydrogen-bond donors (Lipinski definition) is 2. The Morgan fingerprint density at radius 3 is 2.62 bits per heavy atom. The summed E-state index contributed by atoms with van der Waals surface area (Å²) < 4.78 is 0. The van der Waals surface area contributed by atoms with E-state index in [9.17, 15) is 9.90 Å². The predicted molar refractivity (Wildman–Crippen MR) is 84.5 cm³/mol. The molecule has 2 unspecified atom stereocenters. The second kappa shape index (κ2) is 6.33. The van der Waals surface area contributed by atoms with Gasteiger partial charge in [-0.2, -0.15) is 0 Å². The molecule has 0 spiro atoms. The van der Waals surface area contributed by atoms with Crippen molar-refractivity contribution in [1.29, 1.82) is 0 Å². The Hall–Kier alpha value is -1.78. The lowest BCUT2D eigenvalue weighted by Gasteiger charge is -2.29. The van der Waals surface area contributed by atoms with Crippen LogP contribution in [0.3, 0.4) is 0 Å². The molecule has 108 valence electrons. The first-order valence-electron chi connectivity index (χ1n) is 7.01. The molecule has 1 heterocycles. The lowest BCUT2D eigenvalue weighted by molar-refractivity contribution is -0.139. The molecule has 0 radical (unpaired) electrons. The first-order valence-corrected chi connectivity index (χ1v) is 8.00. The number of carbonyl (C=O) groups is 1. The summed E-state index contributed by atoms with van der Waals surface area (Å²) in [5.74, 6) is 0.174. The standard InChI is InChI=1S/C17H17NO2S/c19-17(20)16(12-6-2-1-3-7-12)18-14-10-11-21-15-9-5-4-8-13(14)15/h1-9,14,16,18H,10-11H2,(H,19,20). The molecule has 0 aliphatic carbocycles. The molecule has 21 heavy (non-hydrogen) atoms. The largest absolute Gasteiger partial charge is 0.480 e. The van der Waals surface area contributed by atoms with Crippen molar-refractivity contribution in [3.05, 3.63) is 65.7 Å². The van der Waals surface area contributed by atoms with E-state index in [0.29, 0.717) is 0 Å². The molecule has 0 fully saturated rings. The summed E-state index contributed by atoms with van der Waals surface area (Å²) in [4.78, 5) is 12.9. The third-order valence-corrected chi connectivity index (χ3v) is 4.83. The third kappa shape index (κ3) is 3.12. The zero-order valence-electron chi connectivity index (χ0n) is 11.5. The van der Waals surface area contributed by atoms with E-state index in [-0.39, 0.29) is 6.04 Å². The Balaban J connectivity index is 1.86. The van der Waals surface area contributed by atoms with Gasteiger partial charge in [-0.05, 0) is 29.4 Å². The molecule has 2 N–H and O–H groups in total. The van der Waals surface area contributed by atoms with Gasteiger partial charge in [0.25, 0.3) is 0 Å². The van der Waals surface area contributed by atoms with E-state index in [2.05, 4.69) is 17.4 Å². The number of rotatable bonds is 4. The maximum absolute atomic E-state index is 11.6. The quantitative estimate of drug-likeness (QED) is 0.905. The van der Waals surface area contributed by atoms with Crippen molar-refractivity contribution in [3.63, 3.8) is 0 Å². The van der Waals surface area contributed by atoms with Crippen molar-refractivity contribution in [2.45, 2.75) is 23.4 Å². The SMILES string of the molecule is O=C(O)C(NC1CCSc2ccccc21)c1ccccc1. The maximum Gasteiger partial charge on any atom is 0.325 e. The van der Waals surface area contributed by atoms with Gasteiger partial charge in [-0.3, -0.25) is 10.1 Å². The van der Waals surface area contributed by atoms with Crippen molar-refractivity contribution in [3.8, 4) is 0 Å². The van der Waals surface area contributed by atoms with Gasteiger partial charge in [-0.25, -0.2) is 0 Å². The van der Waals surface area contributed by atoms with Crippen molar-refractivity contribution in [2.75, 3.05) is 5.75 Å². The zero-order chi connectivity index (χ0) is 14.7. The zero-order valence-corrected chi connectivity index (χ0v) is 12.3. The fourth-order valence-corrected chi connectivity index (χ4v) is 3.80. The summed E-state index contributed by atoms with van der Waals surface area (Å²) in [6, 6.07) is 17.0. The Morgan fingerprint density at radius 2 is 1.86 bits per heavy atom. The van der Waals surface area contributed by atoms with Crippen LogP contribution in [0.25, 0.3) is 0 Å². The van der Waals surface area contributed by atoms with Gasteiger partial charge in [0.05, 0.1) is 0 Å². The van der Waals surface area contributed by atoms with Crippen molar-refractivity contribution < 1.29 is 9.90 Å². The molecule has 3 nitrogen and oxygen atoms in total. The van der Waals surface area contributed by atoms with Gasteiger partial charge in [0.1, 0.15) is 6.04 Å². The molecule has 0 aromatic heterocycles. The van der Waals surface area contributed by atoms with Gasteiger partial charge in [0, 0.05) is 10.9 Å². The fourth-order valence-electron chi connectivity index (χ4n) is 2.67. The topological polar surface area (TPSA) is 49.3 Å². The van der Waals surface area contributed by atoms with Crippen molar-refractivity contribution >= 4 is 17.7 Å². The van der Waals surface area contributed by atoms with E-state index in [4.69, 9.17) is 0 Å².